The zero-order valence-electron chi connectivity index (χ0n) is 16.8. The van der Waals surface area contributed by atoms with Crippen molar-refractivity contribution in [3.8, 4) is 0 Å². The van der Waals surface area contributed by atoms with Crippen molar-refractivity contribution < 1.29 is 14.6 Å². The normalized spacial score (nSPS) is 13.5. The van der Waals surface area contributed by atoms with Crippen LogP contribution in [0.15, 0.2) is 30.3 Å². The molecule has 0 heterocycles. The molecule has 0 amide bonds. The lowest BCUT2D eigenvalue weighted by molar-refractivity contribution is 0.0146. The van der Waals surface area contributed by atoms with Crippen LogP contribution >= 0.6 is 0 Å². The molecule has 0 aliphatic rings. The molecule has 0 saturated carbocycles. The summed E-state index contributed by atoms with van der Waals surface area (Å²) in [7, 11) is 0. The van der Waals surface area contributed by atoms with Crippen molar-refractivity contribution in [2.45, 2.75) is 96.7 Å². The molecular weight excluding hydrogens is 324 g/mol. The summed E-state index contributed by atoms with van der Waals surface area (Å²) in [6.07, 6.45) is 12.7. The molecule has 0 saturated heterocycles. The lowest BCUT2D eigenvalue weighted by Crippen LogP contribution is -2.22. The highest BCUT2D eigenvalue weighted by Gasteiger charge is 2.15. The molecule has 148 valence electrons. The first-order chi connectivity index (χ1) is 12.6. The van der Waals surface area contributed by atoms with Gasteiger partial charge in [0, 0.05) is 5.56 Å². The number of aliphatic hydroxyl groups is 1. The molecule has 1 N–H and O–H groups in total. The van der Waals surface area contributed by atoms with E-state index in [2.05, 4.69) is 6.92 Å². The molecule has 0 aliphatic carbocycles. The number of carbonyl (C=O) groups excluding carboxylic acids is 1. The van der Waals surface area contributed by atoms with Crippen molar-refractivity contribution >= 4 is 5.78 Å². The number of benzene rings is 1. The van der Waals surface area contributed by atoms with Crippen LogP contribution in [-0.4, -0.2) is 29.7 Å². The molecule has 0 aromatic heterocycles. The van der Waals surface area contributed by atoms with Gasteiger partial charge in [0.15, 0.2) is 5.78 Å². The van der Waals surface area contributed by atoms with Gasteiger partial charge in [0.2, 0.25) is 0 Å². The maximum atomic E-state index is 12.2. The third kappa shape index (κ3) is 11.4. The summed E-state index contributed by atoms with van der Waals surface area (Å²) in [5, 5.41) is 9.68. The van der Waals surface area contributed by atoms with Gasteiger partial charge < -0.3 is 9.84 Å². The fourth-order valence-electron chi connectivity index (χ4n) is 3.23. The van der Waals surface area contributed by atoms with E-state index in [1.165, 1.54) is 51.4 Å². The maximum Gasteiger partial charge on any atom is 0.188 e. The largest absolute Gasteiger partial charge is 0.393 e. The molecule has 3 nitrogen and oxygen atoms in total. The summed E-state index contributed by atoms with van der Waals surface area (Å²) in [5.74, 6) is 0.00766. The first kappa shape index (κ1) is 22.9. The Hall–Kier alpha value is -1.19. The summed E-state index contributed by atoms with van der Waals surface area (Å²) < 4.78 is 5.83. The number of hydrogen-bond acceptors (Lipinski definition) is 3. The Morgan fingerprint density at radius 2 is 1.54 bits per heavy atom. The van der Waals surface area contributed by atoms with Crippen LogP contribution in [0.3, 0.4) is 0 Å². The average molecular weight is 363 g/mol. The zero-order valence-corrected chi connectivity index (χ0v) is 16.8. The highest BCUT2D eigenvalue weighted by Crippen LogP contribution is 2.16. The Bertz CT molecular complexity index is 456. The molecule has 0 fully saturated rings. The van der Waals surface area contributed by atoms with Crippen LogP contribution in [0, 0.1) is 0 Å². The van der Waals surface area contributed by atoms with Gasteiger partial charge in [0.1, 0.15) is 6.61 Å². The molecule has 3 heteroatoms. The molecule has 0 spiro atoms. The van der Waals surface area contributed by atoms with Crippen LogP contribution in [0.5, 0.6) is 0 Å². The van der Waals surface area contributed by atoms with Crippen LogP contribution in [0.2, 0.25) is 0 Å². The summed E-state index contributed by atoms with van der Waals surface area (Å²) >= 11 is 0. The summed E-state index contributed by atoms with van der Waals surface area (Å²) in [6, 6.07) is 9.26. The minimum atomic E-state index is -0.398. The van der Waals surface area contributed by atoms with Crippen molar-refractivity contribution in [1.29, 1.82) is 0 Å². The van der Waals surface area contributed by atoms with Gasteiger partial charge in [0.05, 0.1) is 12.2 Å². The molecule has 0 aliphatic heterocycles. The number of rotatable bonds is 16. The molecular formula is C23H38O3. The van der Waals surface area contributed by atoms with Gasteiger partial charge >= 0.3 is 0 Å². The van der Waals surface area contributed by atoms with E-state index < -0.39 is 6.10 Å². The van der Waals surface area contributed by atoms with Crippen molar-refractivity contribution in [1.82, 2.24) is 0 Å². The van der Waals surface area contributed by atoms with Gasteiger partial charge in [-0.25, -0.2) is 0 Å². The van der Waals surface area contributed by atoms with E-state index in [-0.39, 0.29) is 18.5 Å². The number of unbranched alkanes of at least 4 members (excludes halogenated alkanes) is 8. The van der Waals surface area contributed by atoms with Crippen LogP contribution < -0.4 is 0 Å². The average Bonchev–Trinajstić information content (AvgIpc) is 2.64. The minimum Gasteiger partial charge on any atom is -0.393 e. The Labute approximate surface area is 160 Å². The van der Waals surface area contributed by atoms with E-state index in [0.717, 1.165) is 12.8 Å². The van der Waals surface area contributed by atoms with Crippen LogP contribution in [-0.2, 0) is 4.74 Å². The van der Waals surface area contributed by atoms with E-state index in [9.17, 15) is 9.90 Å². The van der Waals surface area contributed by atoms with Crippen molar-refractivity contribution in [2.75, 3.05) is 6.61 Å². The molecule has 2 unspecified atom stereocenters. The van der Waals surface area contributed by atoms with Gasteiger partial charge in [-0.3, -0.25) is 4.79 Å². The van der Waals surface area contributed by atoms with Gasteiger partial charge in [-0.15, -0.1) is 0 Å². The standard InChI is InChI=1S/C23H38O3/c1-3-4-5-6-7-8-9-10-14-17-22(18-20(2)24)26-19-23(25)21-15-12-11-13-16-21/h11-13,15-16,20,22,24H,3-10,14,17-19H2,1-2H3. The summed E-state index contributed by atoms with van der Waals surface area (Å²) in [6.45, 7) is 4.13. The van der Waals surface area contributed by atoms with Crippen LogP contribution in [0.25, 0.3) is 0 Å². The minimum absolute atomic E-state index is 0.00766. The van der Waals surface area contributed by atoms with Crippen molar-refractivity contribution in [3.63, 3.8) is 0 Å². The Balaban J connectivity index is 2.19. The summed E-state index contributed by atoms with van der Waals surface area (Å²) in [4.78, 5) is 12.2. The topological polar surface area (TPSA) is 46.5 Å². The number of ketones is 1. The SMILES string of the molecule is CCCCCCCCCCCC(CC(C)O)OCC(=O)c1ccccc1. The van der Waals surface area contributed by atoms with E-state index >= 15 is 0 Å². The number of Topliss-reactive ketones (excluding diaryl/α,β-unsaturated/α-hetero) is 1. The van der Waals surface area contributed by atoms with Crippen molar-refractivity contribution in [3.05, 3.63) is 35.9 Å². The smallest absolute Gasteiger partial charge is 0.188 e. The summed E-state index contributed by atoms with van der Waals surface area (Å²) in [5.41, 5.74) is 0.686. The highest BCUT2D eigenvalue weighted by atomic mass is 16.5. The first-order valence-corrected chi connectivity index (χ1v) is 10.5. The molecule has 26 heavy (non-hydrogen) atoms. The second-order valence-corrected chi connectivity index (χ2v) is 7.42. The fourth-order valence-corrected chi connectivity index (χ4v) is 3.23. The molecule has 1 rings (SSSR count). The second-order valence-electron chi connectivity index (χ2n) is 7.42. The molecule has 1 aromatic rings. The van der Waals surface area contributed by atoms with Gasteiger partial charge in [-0.05, 0) is 19.8 Å². The van der Waals surface area contributed by atoms with E-state index in [0.29, 0.717) is 12.0 Å². The second kappa shape index (κ2) is 14.9. The predicted molar refractivity (Wildman–Crippen MR) is 109 cm³/mol. The maximum absolute atomic E-state index is 12.2. The number of ether oxygens (including phenoxy) is 1. The molecule has 2 atom stereocenters. The quantitative estimate of drug-likeness (QED) is 0.292. The van der Waals surface area contributed by atoms with Crippen molar-refractivity contribution in [2.24, 2.45) is 0 Å². The predicted octanol–water partition coefficient (Wildman–Crippen LogP) is 5.95. The third-order valence-corrected chi connectivity index (χ3v) is 4.78. The van der Waals surface area contributed by atoms with Crippen LogP contribution in [0.4, 0.5) is 0 Å². The van der Waals surface area contributed by atoms with Gasteiger partial charge in [-0.2, -0.15) is 0 Å². The Kier molecular flexibility index (Phi) is 13.1. The number of aliphatic hydroxyl groups excluding tert-OH is 1. The van der Waals surface area contributed by atoms with Gasteiger partial charge in [0.25, 0.3) is 0 Å². The number of carbonyl (C=O) groups is 1. The third-order valence-electron chi connectivity index (χ3n) is 4.78. The lowest BCUT2D eigenvalue weighted by atomic mass is 10.0. The lowest BCUT2D eigenvalue weighted by Gasteiger charge is -2.19. The van der Waals surface area contributed by atoms with Crippen LogP contribution in [0.1, 0.15) is 94.8 Å². The monoisotopic (exact) mass is 362 g/mol. The zero-order chi connectivity index (χ0) is 19.0. The van der Waals surface area contributed by atoms with Gasteiger partial charge in [-0.1, -0.05) is 95.0 Å². The first-order valence-electron chi connectivity index (χ1n) is 10.5. The van der Waals surface area contributed by atoms with E-state index in [1.807, 2.05) is 30.3 Å². The number of hydrogen-bond donors (Lipinski definition) is 1. The Morgan fingerprint density at radius 1 is 0.962 bits per heavy atom. The molecule has 1 aromatic carbocycles. The fraction of sp³-hybridized carbons (Fsp3) is 0.696. The van der Waals surface area contributed by atoms with E-state index in [4.69, 9.17) is 4.74 Å². The van der Waals surface area contributed by atoms with E-state index in [1.54, 1.807) is 6.92 Å². The molecule has 0 bridgehead atoms. The molecule has 0 radical (unpaired) electrons. The highest BCUT2D eigenvalue weighted by molar-refractivity contribution is 5.96. The Morgan fingerprint density at radius 3 is 2.12 bits per heavy atom.